The first-order chi connectivity index (χ1) is 12.7. The zero-order valence-electron chi connectivity index (χ0n) is 14.1. The minimum Gasteiger partial charge on any atom is -0.497 e. The van der Waals surface area contributed by atoms with Crippen LogP contribution in [0.4, 0.5) is 0 Å². The number of rotatable bonds is 4. The number of benzene rings is 2. The summed E-state index contributed by atoms with van der Waals surface area (Å²) in [6.45, 7) is 0. The molecule has 0 atom stereocenters. The van der Waals surface area contributed by atoms with Crippen LogP contribution in [0.5, 0.6) is 11.5 Å². The minimum atomic E-state index is 0.296. The van der Waals surface area contributed by atoms with E-state index in [1.54, 1.807) is 32.4 Å². The Labute approximate surface area is 154 Å². The maximum absolute atomic E-state index is 6.31. The largest absolute Gasteiger partial charge is 0.497 e. The Bertz CT molecular complexity index is 1070. The van der Waals surface area contributed by atoms with Crippen LogP contribution < -0.4 is 9.47 Å². The Hall–Kier alpha value is -3.12. The minimum absolute atomic E-state index is 0.296. The Kier molecular flexibility index (Phi) is 4.18. The molecule has 0 N–H and O–H groups in total. The molecule has 0 aliphatic carbocycles. The summed E-state index contributed by atoms with van der Waals surface area (Å²) >= 11 is 6.31. The van der Waals surface area contributed by atoms with Gasteiger partial charge in [-0.05, 0) is 24.3 Å². The highest BCUT2D eigenvalue weighted by Crippen LogP contribution is 2.33. The van der Waals surface area contributed by atoms with E-state index in [1.807, 2.05) is 30.3 Å². The van der Waals surface area contributed by atoms with Gasteiger partial charge in [-0.2, -0.15) is 0 Å². The predicted octanol–water partition coefficient (Wildman–Crippen LogP) is 4.62. The maximum Gasteiger partial charge on any atom is 0.251 e. The molecule has 0 amide bonds. The highest BCUT2D eigenvalue weighted by atomic mass is 35.5. The SMILES string of the molecule is COc1cc(OC)cc(-c2nnc(-c3cc4ccccc4nc3Cl)o2)c1. The lowest BCUT2D eigenvalue weighted by molar-refractivity contribution is 0.394. The number of halogens is 1. The molecule has 2 aromatic carbocycles. The van der Waals surface area contributed by atoms with E-state index in [1.165, 1.54) is 0 Å². The fourth-order valence-corrected chi connectivity index (χ4v) is 2.85. The van der Waals surface area contributed by atoms with Crippen molar-refractivity contribution in [2.75, 3.05) is 14.2 Å². The van der Waals surface area contributed by atoms with E-state index in [0.29, 0.717) is 39.6 Å². The Morgan fingerprint density at radius 2 is 1.58 bits per heavy atom. The van der Waals surface area contributed by atoms with Crippen molar-refractivity contribution < 1.29 is 13.9 Å². The first kappa shape index (κ1) is 16.4. The zero-order chi connectivity index (χ0) is 18.1. The van der Waals surface area contributed by atoms with Gasteiger partial charge in [0.2, 0.25) is 5.89 Å². The first-order valence-corrected chi connectivity index (χ1v) is 8.18. The van der Waals surface area contributed by atoms with Crippen LogP contribution in [-0.4, -0.2) is 29.4 Å². The average Bonchev–Trinajstić information content (AvgIpc) is 3.17. The van der Waals surface area contributed by atoms with Gasteiger partial charge in [-0.25, -0.2) is 4.98 Å². The third-order valence-electron chi connectivity index (χ3n) is 3.93. The highest BCUT2D eigenvalue weighted by Gasteiger charge is 2.16. The predicted molar refractivity (Wildman–Crippen MR) is 98.6 cm³/mol. The summed E-state index contributed by atoms with van der Waals surface area (Å²) in [4.78, 5) is 4.39. The Morgan fingerprint density at radius 3 is 2.31 bits per heavy atom. The van der Waals surface area contributed by atoms with Crippen LogP contribution in [0.2, 0.25) is 5.15 Å². The number of methoxy groups -OCH3 is 2. The topological polar surface area (TPSA) is 70.3 Å². The van der Waals surface area contributed by atoms with Gasteiger partial charge in [-0.15, -0.1) is 10.2 Å². The van der Waals surface area contributed by atoms with Crippen molar-refractivity contribution in [3.63, 3.8) is 0 Å². The molecule has 0 bridgehead atoms. The summed E-state index contributed by atoms with van der Waals surface area (Å²) in [7, 11) is 3.16. The van der Waals surface area contributed by atoms with Gasteiger partial charge >= 0.3 is 0 Å². The summed E-state index contributed by atoms with van der Waals surface area (Å²) in [6.07, 6.45) is 0. The fraction of sp³-hybridized carbons (Fsp3) is 0.105. The van der Waals surface area contributed by atoms with E-state index in [4.69, 9.17) is 25.5 Å². The van der Waals surface area contributed by atoms with E-state index in [2.05, 4.69) is 15.2 Å². The molecule has 7 heteroatoms. The van der Waals surface area contributed by atoms with Crippen molar-refractivity contribution in [3.8, 4) is 34.4 Å². The number of aromatic nitrogens is 3. The normalized spacial score (nSPS) is 10.9. The van der Waals surface area contributed by atoms with Crippen molar-refractivity contribution >= 4 is 22.5 Å². The first-order valence-electron chi connectivity index (χ1n) is 7.80. The van der Waals surface area contributed by atoms with Crippen LogP contribution in [0, 0.1) is 0 Å². The van der Waals surface area contributed by atoms with Gasteiger partial charge in [0.1, 0.15) is 16.7 Å². The van der Waals surface area contributed by atoms with E-state index in [0.717, 1.165) is 10.9 Å². The molecule has 2 aromatic heterocycles. The van der Waals surface area contributed by atoms with Crippen LogP contribution in [0.25, 0.3) is 33.8 Å². The molecule has 2 heterocycles. The van der Waals surface area contributed by atoms with Crippen LogP contribution in [0.3, 0.4) is 0 Å². The summed E-state index contributed by atoms with van der Waals surface area (Å²) < 4.78 is 16.4. The van der Waals surface area contributed by atoms with Crippen LogP contribution >= 0.6 is 11.6 Å². The molecule has 0 aliphatic rings. The quantitative estimate of drug-likeness (QED) is 0.490. The van der Waals surface area contributed by atoms with E-state index >= 15 is 0 Å². The number of ether oxygens (including phenoxy) is 2. The lowest BCUT2D eigenvalue weighted by atomic mass is 10.1. The Morgan fingerprint density at radius 1 is 0.885 bits per heavy atom. The monoisotopic (exact) mass is 367 g/mol. The van der Waals surface area contributed by atoms with Crippen molar-refractivity contribution in [2.24, 2.45) is 0 Å². The van der Waals surface area contributed by atoms with Crippen LogP contribution in [0.15, 0.2) is 52.9 Å². The summed E-state index contributed by atoms with van der Waals surface area (Å²) in [5, 5.41) is 9.49. The molecule has 0 saturated heterocycles. The number of nitrogens with zero attached hydrogens (tertiary/aromatic N) is 3. The van der Waals surface area contributed by atoms with Crippen molar-refractivity contribution in [2.45, 2.75) is 0 Å². The molecule has 4 rings (SSSR count). The summed E-state index contributed by atoms with van der Waals surface area (Å²) in [6, 6.07) is 14.9. The molecule has 0 unspecified atom stereocenters. The fourth-order valence-electron chi connectivity index (χ4n) is 2.62. The van der Waals surface area contributed by atoms with Crippen molar-refractivity contribution in [1.29, 1.82) is 0 Å². The lowest BCUT2D eigenvalue weighted by Crippen LogP contribution is -1.88. The second-order valence-corrected chi connectivity index (χ2v) is 5.89. The molecule has 6 nitrogen and oxygen atoms in total. The average molecular weight is 368 g/mol. The molecule has 4 aromatic rings. The molecule has 0 radical (unpaired) electrons. The number of hydrogen-bond donors (Lipinski definition) is 0. The number of pyridine rings is 1. The molecular formula is C19H14ClN3O3. The second kappa shape index (κ2) is 6.65. The molecule has 0 fully saturated rings. The number of fused-ring (bicyclic) bond motifs is 1. The van der Waals surface area contributed by atoms with E-state index in [9.17, 15) is 0 Å². The van der Waals surface area contributed by atoms with E-state index < -0.39 is 0 Å². The molecule has 26 heavy (non-hydrogen) atoms. The lowest BCUT2D eigenvalue weighted by Gasteiger charge is -2.06. The van der Waals surface area contributed by atoms with Crippen LogP contribution in [-0.2, 0) is 0 Å². The van der Waals surface area contributed by atoms with Gasteiger partial charge < -0.3 is 13.9 Å². The van der Waals surface area contributed by atoms with Gasteiger partial charge in [0.25, 0.3) is 5.89 Å². The number of para-hydroxylation sites is 1. The van der Waals surface area contributed by atoms with Gasteiger partial charge in [-0.3, -0.25) is 0 Å². The zero-order valence-corrected chi connectivity index (χ0v) is 14.8. The van der Waals surface area contributed by atoms with Gasteiger partial charge in [0, 0.05) is 17.0 Å². The highest BCUT2D eigenvalue weighted by molar-refractivity contribution is 6.32. The molecule has 0 spiro atoms. The summed E-state index contributed by atoms with van der Waals surface area (Å²) in [5.41, 5.74) is 2.07. The van der Waals surface area contributed by atoms with Crippen molar-refractivity contribution in [1.82, 2.24) is 15.2 Å². The van der Waals surface area contributed by atoms with Crippen molar-refractivity contribution in [3.05, 3.63) is 53.7 Å². The van der Waals surface area contributed by atoms with Crippen LogP contribution in [0.1, 0.15) is 0 Å². The molecule has 0 saturated carbocycles. The van der Waals surface area contributed by atoms with Gasteiger partial charge in [-0.1, -0.05) is 29.8 Å². The number of hydrogen-bond acceptors (Lipinski definition) is 6. The Balaban J connectivity index is 1.78. The maximum atomic E-state index is 6.31. The second-order valence-electron chi connectivity index (χ2n) is 5.53. The van der Waals surface area contributed by atoms with Gasteiger partial charge in [0.05, 0.1) is 25.3 Å². The molecule has 0 aliphatic heterocycles. The summed E-state index contributed by atoms with van der Waals surface area (Å²) in [5.74, 6) is 1.89. The van der Waals surface area contributed by atoms with Gasteiger partial charge in [0.15, 0.2) is 0 Å². The third-order valence-corrected chi connectivity index (χ3v) is 4.22. The molecule has 130 valence electrons. The standard InChI is InChI=1S/C19H14ClN3O3/c1-24-13-7-12(8-14(10-13)25-2)18-22-23-19(26-18)15-9-11-5-3-4-6-16(11)21-17(15)20/h3-10H,1-2H3. The molecular weight excluding hydrogens is 354 g/mol. The van der Waals surface area contributed by atoms with E-state index in [-0.39, 0.29) is 0 Å². The third kappa shape index (κ3) is 2.95. The smallest absolute Gasteiger partial charge is 0.251 e.